The van der Waals surface area contributed by atoms with E-state index in [-0.39, 0.29) is 17.3 Å². The number of nitrogens with one attached hydrogen (secondary N) is 1. The minimum atomic E-state index is -0.478. The fourth-order valence-electron chi connectivity index (χ4n) is 3.12. The van der Waals surface area contributed by atoms with E-state index in [0.717, 1.165) is 17.0 Å². The first-order chi connectivity index (χ1) is 17.0. The summed E-state index contributed by atoms with van der Waals surface area (Å²) in [6, 6.07) is 23.0. The molecular formula is C24H20N6O4S. The fourth-order valence-corrected chi connectivity index (χ4v) is 3.87. The van der Waals surface area contributed by atoms with Crippen LogP contribution >= 0.6 is 11.8 Å². The molecule has 10 nitrogen and oxygen atoms in total. The lowest BCUT2D eigenvalue weighted by atomic mass is 10.2. The average molecular weight is 489 g/mol. The summed E-state index contributed by atoms with van der Waals surface area (Å²) >= 11 is 1.22. The van der Waals surface area contributed by atoms with Crippen molar-refractivity contribution in [2.24, 2.45) is 5.10 Å². The number of thioether (sulfide) groups is 1. The van der Waals surface area contributed by atoms with Gasteiger partial charge in [0.05, 0.1) is 24.0 Å². The second-order valence-electron chi connectivity index (χ2n) is 7.14. The van der Waals surface area contributed by atoms with Crippen molar-refractivity contribution in [1.29, 1.82) is 0 Å². The lowest BCUT2D eigenvalue weighted by Crippen LogP contribution is -2.20. The number of nitro groups is 1. The number of rotatable bonds is 9. The molecule has 0 saturated carbocycles. The zero-order valence-electron chi connectivity index (χ0n) is 18.6. The first kappa shape index (κ1) is 23.6. The number of carbonyl (C=O) groups is 1. The number of nitro benzene ring substituents is 1. The van der Waals surface area contributed by atoms with Gasteiger partial charge in [-0.15, -0.1) is 10.2 Å². The Morgan fingerprint density at radius 3 is 2.46 bits per heavy atom. The van der Waals surface area contributed by atoms with E-state index in [1.54, 1.807) is 19.2 Å². The lowest BCUT2D eigenvalue weighted by Gasteiger charge is -2.11. The summed E-state index contributed by atoms with van der Waals surface area (Å²) in [6.07, 6.45) is 1.42. The van der Waals surface area contributed by atoms with Crippen LogP contribution < -0.4 is 10.2 Å². The number of hydrogen-bond acceptors (Lipinski definition) is 8. The monoisotopic (exact) mass is 488 g/mol. The molecule has 11 heteroatoms. The van der Waals surface area contributed by atoms with Crippen molar-refractivity contribution in [2.75, 3.05) is 12.9 Å². The van der Waals surface area contributed by atoms with Crippen LogP contribution in [0.5, 0.6) is 5.75 Å². The number of benzene rings is 3. The molecule has 0 fully saturated rings. The van der Waals surface area contributed by atoms with Crippen LogP contribution in [0, 0.1) is 10.1 Å². The Kier molecular flexibility index (Phi) is 7.48. The molecule has 0 aliphatic heterocycles. The number of carbonyl (C=O) groups excluding carboxylic acids is 1. The molecule has 1 aromatic heterocycles. The molecule has 0 saturated heterocycles. The summed E-state index contributed by atoms with van der Waals surface area (Å²) in [7, 11) is 1.60. The molecule has 0 unspecified atom stereocenters. The number of methoxy groups -OCH3 is 1. The summed E-state index contributed by atoms with van der Waals surface area (Å²) < 4.78 is 7.14. The summed E-state index contributed by atoms with van der Waals surface area (Å²) in [4.78, 5) is 22.6. The Morgan fingerprint density at radius 1 is 1.09 bits per heavy atom. The molecule has 3 aromatic carbocycles. The van der Waals surface area contributed by atoms with Crippen LogP contribution in [0.3, 0.4) is 0 Å². The van der Waals surface area contributed by atoms with Gasteiger partial charge in [0.1, 0.15) is 5.75 Å². The first-order valence-electron chi connectivity index (χ1n) is 10.4. The Hall–Kier alpha value is -4.51. The topological polar surface area (TPSA) is 125 Å². The van der Waals surface area contributed by atoms with Crippen LogP contribution in [0.4, 0.5) is 5.69 Å². The number of non-ortho nitro benzene ring substituents is 1. The Morgan fingerprint density at radius 2 is 1.80 bits per heavy atom. The molecule has 176 valence electrons. The maximum atomic E-state index is 12.3. The second-order valence-corrected chi connectivity index (χ2v) is 8.08. The summed E-state index contributed by atoms with van der Waals surface area (Å²) in [5.41, 5.74) is 4.77. The van der Waals surface area contributed by atoms with E-state index in [0.29, 0.717) is 16.5 Å². The second kappa shape index (κ2) is 11.1. The van der Waals surface area contributed by atoms with Gasteiger partial charge in [-0.05, 0) is 42.0 Å². The number of hydrazone groups is 1. The maximum absolute atomic E-state index is 12.3. The number of amides is 1. The molecule has 0 atom stereocenters. The molecule has 1 N–H and O–H groups in total. The number of hydrogen-bond donors (Lipinski definition) is 1. The molecule has 0 bridgehead atoms. The van der Waals surface area contributed by atoms with Crippen LogP contribution in [0.2, 0.25) is 0 Å². The zero-order chi connectivity index (χ0) is 24.6. The van der Waals surface area contributed by atoms with Crippen molar-refractivity contribution in [3.05, 3.63) is 94.5 Å². The van der Waals surface area contributed by atoms with Crippen molar-refractivity contribution in [3.8, 4) is 22.8 Å². The largest absolute Gasteiger partial charge is 0.497 e. The van der Waals surface area contributed by atoms with Crippen LogP contribution in [0.25, 0.3) is 17.1 Å². The van der Waals surface area contributed by atoms with E-state index in [1.165, 1.54) is 30.1 Å². The fraction of sp³-hybridized carbons (Fsp3) is 0.0833. The summed E-state index contributed by atoms with van der Waals surface area (Å²) in [5, 5.41) is 23.8. The normalized spacial score (nSPS) is 10.9. The molecule has 1 amide bonds. The van der Waals surface area contributed by atoms with Gasteiger partial charge in [0, 0.05) is 23.4 Å². The molecular weight excluding hydrogens is 468 g/mol. The summed E-state index contributed by atoms with van der Waals surface area (Å²) in [6.45, 7) is 0. The molecule has 0 radical (unpaired) electrons. The predicted molar refractivity (Wildman–Crippen MR) is 133 cm³/mol. The van der Waals surface area contributed by atoms with Gasteiger partial charge in [-0.3, -0.25) is 19.5 Å². The highest BCUT2D eigenvalue weighted by molar-refractivity contribution is 7.99. The van der Waals surface area contributed by atoms with Crippen molar-refractivity contribution in [3.63, 3.8) is 0 Å². The molecule has 0 spiro atoms. The van der Waals surface area contributed by atoms with E-state index >= 15 is 0 Å². The molecule has 0 aliphatic rings. The van der Waals surface area contributed by atoms with Gasteiger partial charge in [-0.25, -0.2) is 5.43 Å². The van der Waals surface area contributed by atoms with Gasteiger partial charge in [-0.1, -0.05) is 42.1 Å². The Bertz CT molecular complexity index is 1340. The van der Waals surface area contributed by atoms with Gasteiger partial charge in [0.15, 0.2) is 11.0 Å². The average Bonchev–Trinajstić information content (AvgIpc) is 3.32. The Balaban J connectivity index is 1.47. The Labute approximate surface area is 204 Å². The standard InChI is InChI=1S/C24H20N6O4S/c1-34-21-13-11-19(12-14-21)29-23(18-5-3-2-4-6-18)27-28-24(29)35-16-22(31)26-25-15-17-7-9-20(10-8-17)30(32)33/h2-15H,16H2,1H3,(H,26,31)/b25-15+. The first-order valence-corrected chi connectivity index (χ1v) is 11.4. The van der Waals surface area contributed by atoms with Crippen LogP contribution in [0.15, 0.2) is 89.1 Å². The van der Waals surface area contributed by atoms with Gasteiger partial charge >= 0.3 is 0 Å². The van der Waals surface area contributed by atoms with Crippen molar-refractivity contribution < 1.29 is 14.5 Å². The SMILES string of the molecule is COc1ccc(-n2c(SCC(=O)N/N=C/c3ccc([N+](=O)[O-])cc3)nnc2-c2ccccc2)cc1. The lowest BCUT2D eigenvalue weighted by molar-refractivity contribution is -0.384. The number of nitrogens with zero attached hydrogens (tertiary/aromatic N) is 5. The quantitative estimate of drug-likeness (QED) is 0.163. The molecule has 1 heterocycles. The third-order valence-electron chi connectivity index (χ3n) is 4.84. The van der Waals surface area contributed by atoms with Gasteiger partial charge in [0.25, 0.3) is 11.6 Å². The predicted octanol–water partition coefficient (Wildman–Crippen LogP) is 4.09. The minimum Gasteiger partial charge on any atom is -0.497 e. The third-order valence-corrected chi connectivity index (χ3v) is 5.76. The third kappa shape index (κ3) is 5.89. The van der Waals surface area contributed by atoms with Crippen molar-refractivity contribution >= 4 is 29.6 Å². The van der Waals surface area contributed by atoms with Gasteiger partial charge in [-0.2, -0.15) is 5.10 Å². The molecule has 4 aromatic rings. The highest BCUT2D eigenvalue weighted by atomic mass is 32.2. The highest BCUT2D eigenvalue weighted by Crippen LogP contribution is 2.28. The highest BCUT2D eigenvalue weighted by Gasteiger charge is 2.17. The zero-order valence-corrected chi connectivity index (χ0v) is 19.4. The van der Waals surface area contributed by atoms with E-state index in [1.807, 2.05) is 59.2 Å². The molecule has 4 rings (SSSR count). The number of ether oxygens (including phenoxy) is 1. The van der Waals surface area contributed by atoms with E-state index in [9.17, 15) is 14.9 Å². The minimum absolute atomic E-state index is 0.0153. The van der Waals surface area contributed by atoms with E-state index in [4.69, 9.17) is 4.74 Å². The summed E-state index contributed by atoms with van der Waals surface area (Å²) in [5.74, 6) is 1.09. The van der Waals surface area contributed by atoms with Crippen LogP contribution in [-0.4, -0.2) is 44.7 Å². The van der Waals surface area contributed by atoms with Crippen LogP contribution in [0.1, 0.15) is 5.56 Å². The molecule has 0 aliphatic carbocycles. The van der Waals surface area contributed by atoms with Gasteiger partial charge < -0.3 is 4.74 Å². The number of aromatic nitrogens is 3. The van der Waals surface area contributed by atoms with Gasteiger partial charge in [0.2, 0.25) is 0 Å². The van der Waals surface area contributed by atoms with Crippen molar-refractivity contribution in [2.45, 2.75) is 5.16 Å². The van der Waals surface area contributed by atoms with Crippen molar-refractivity contribution in [1.82, 2.24) is 20.2 Å². The van der Waals surface area contributed by atoms with E-state index in [2.05, 4.69) is 20.7 Å². The smallest absolute Gasteiger partial charge is 0.269 e. The molecule has 35 heavy (non-hydrogen) atoms. The maximum Gasteiger partial charge on any atom is 0.269 e. The van der Waals surface area contributed by atoms with Crippen LogP contribution in [-0.2, 0) is 4.79 Å². The van der Waals surface area contributed by atoms with E-state index < -0.39 is 4.92 Å².